The van der Waals surface area contributed by atoms with Crippen LogP contribution in [0.25, 0.3) is 0 Å². The number of guanidine groups is 1. The van der Waals surface area contributed by atoms with Crippen LogP contribution >= 0.6 is 24.0 Å². The summed E-state index contributed by atoms with van der Waals surface area (Å²) in [5.41, 5.74) is 1.03. The molecule has 0 aliphatic rings. The van der Waals surface area contributed by atoms with Crippen LogP contribution in [0.5, 0.6) is 0 Å². The second kappa shape index (κ2) is 11.7. The molecule has 0 saturated carbocycles. The van der Waals surface area contributed by atoms with Crippen molar-refractivity contribution < 1.29 is 4.39 Å². The molecule has 5 heteroatoms. The van der Waals surface area contributed by atoms with E-state index in [9.17, 15) is 4.39 Å². The fraction of sp³-hybridized carbons (Fsp3) is 0.588. The number of hydrogen-bond acceptors (Lipinski definition) is 1. The van der Waals surface area contributed by atoms with Gasteiger partial charge in [0.15, 0.2) is 5.96 Å². The van der Waals surface area contributed by atoms with Gasteiger partial charge in [0.2, 0.25) is 0 Å². The van der Waals surface area contributed by atoms with E-state index in [0.717, 1.165) is 23.9 Å². The topological polar surface area (TPSA) is 36.4 Å². The summed E-state index contributed by atoms with van der Waals surface area (Å²) in [6.07, 6.45) is 3.61. The molecule has 0 bridgehead atoms. The average Bonchev–Trinajstić information content (AvgIpc) is 2.44. The second-order valence-electron chi connectivity index (χ2n) is 5.92. The van der Waals surface area contributed by atoms with Gasteiger partial charge in [0.05, 0.1) is 0 Å². The highest BCUT2D eigenvalue weighted by molar-refractivity contribution is 14.0. The summed E-state index contributed by atoms with van der Waals surface area (Å²) in [5, 5.41) is 6.64. The monoisotopic (exact) mass is 421 g/mol. The summed E-state index contributed by atoms with van der Waals surface area (Å²) >= 11 is 0. The van der Waals surface area contributed by atoms with Crippen LogP contribution in [0.2, 0.25) is 0 Å². The minimum Gasteiger partial charge on any atom is -0.354 e. The number of halogens is 2. The first kappa shape index (κ1) is 21.1. The minimum atomic E-state index is -0.208. The van der Waals surface area contributed by atoms with Crippen molar-refractivity contribution in [3.05, 3.63) is 35.6 Å². The SMILES string of the molecule is CN=C(NCc1ccc(F)cc1)NC(C)CCCC(C)C.I. The minimum absolute atomic E-state index is 0. The van der Waals surface area contributed by atoms with Crippen molar-refractivity contribution in [1.29, 1.82) is 0 Å². The molecule has 126 valence electrons. The van der Waals surface area contributed by atoms with Crippen LogP contribution in [0.1, 0.15) is 45.6 Å². The average molecular weight is 421 g/mol. The van der Waals surface area contributed by atoms with E-state index >= 15 is 0 Å². The molecule has 0 aliphatic carbocycles. The maximum absolute atomic E-state index is 12.8. The Hall–Kier alpha value is -0.850. The lowest BCUT2D eigenvalue weighted by Gasteiger charge is -2.18. The van der Waals surface area contributed by atoms with E-state index in [4.69, 9.17) is 0 Å². The van der Waals surface area contributed by atoms with Crippen LogP contribution in [-0.2, 0) is 6.54 Å². The zero-order valence-electron chi connectivity index (χ0n) is 14.0. The number of benzene rings is 1. The largest absolute Gasteiger partial charge is 0.354 e. The lowest BCUT2D eigenvalue weighted by atomic mass is 10.0. The Morgan fingerprint density at radius 2 is 1.77 bits per heavy atom. The van der Waals surface area contributed by atoms with Crippen LogP contribution in [0.15, 0.2) is 29.3 Å². The molecule has 1 aromatic carbocycles. The fourth-order valence-electron chi connectivity index (χ4n) is 2.12. The lowest BCUT2D eigenvalue weighted by Crippen LogP contribution is -2.41. The second-order valence-corrected chi connectivity index (χ2v) is 5.92. The summed E-state index contributed by atoms with van der Waals surface area (Å²) in [7, 11) is 1.76. The number of rotatable bonds is 7. The predicted molar refractivity (Wildman–Crippen MR) is 103 cm³/mol. The molecule has 0 saturated heterocycles. The zero-order valence-corrected chi connectivity index (χ0v) is 16.4. The third kappa shape index (κ3) is 9.23. The first-order valence-corrected chi connectivity index (χ1v) is 7.73. The Balaban J connectivity index is 0.00000441. The smallest absolute Gasteiger partial charge is 0.191 e. The zero-order chi connectivity index (χ0) is 15.7. The molecular formula is C17H29FIN3. The van der Waals surface area contributed by atoms with E-state index in [1.165, 1.54) is 25.0 Å². The van der Waals surface area contributed by atoms with Gasteiger partial charge in [0, 0.05) is 19.6 Å². The highest BCUT2D eigenvalue weighted by Gasteiger charge is 2.05. The number of nitrogens with one attached hydrogen (secondary N) is 2. The van der Waals surface area contributed by atoms with Crippen molar-refractivity contribution >= 4 is 29.9 Å². The molecule has 3 nitrogen and oxygen atoms in total. The van der Waals surface area contributed by atoms with E-state index in [1.807, 2.05) is 0 Å². The van der Waals surface area contributed by atoms with E-state index in [1.54, 1.807) is 19.2 Å². The third-order valence-electron chi connectivity index (χ3n) is 3.40. The Morgan fingerprint density at radius 3 is 2.32 bits per heavy atom. The van der Waals surface area contributed by atoms with Gasteiger partial charge in [-0.15, -0.1) is 24.0 Å². The Bertz CT molecular complexity index is 432. The van der Waals surface area contributed by atoms with Crippen molar-refractivity contribution in [3.8, 4) is 0 Å². The molecule has 0 fully saturated rings. The van der Waals surface area contributed by atoms with Gasteiger partial charge in [-0.1, -0.05) is 38.8 Å². The summed E-state index contributed by atoms with van der Waals surface area (Å²) in [5.74, 6) is 1.34. The highest BCUT2D eigenvalue weighted by atomic mass is 127. The molecule has 0 amide bonds. The Kier molecular flexibility index (Phi) is 11.2. The standard InChI is InChI=1S/C17H28FN3.HI/c1-13(2)6-5-7-14(3)21-17(19-4)20-12-15-8-10-16(18)11-9-15;/h8-11,13-14H,5-7,12H2,1-4H3,(H2,19,20,21);1H. The predicted octanol–water partition coefficient (Wildman–Crippen LogP) is 4.32. The Labute approximate surface area is 151 Å². The van der Waals surface area contributed by atoms with Gasteiger partial charge in [0.1, 0.15) is 5.82 Å². The molecule has 0 radical (unpaired) electrons. The van der Waals surface area contributed by atoms with Crippen molar-refractivity contribution in [2.24, 2.45) is 10.9 Å². The van der Waals surface area contributed by atoms with E-state index in [2.05, 4.69) is 36.4 Å². The summed E-state index contributed by atoms with van der Waals surface area (Å²) in [6, 6.07) is 6.90. The van der Waals surface area contributed by atoms with Gasteiger partial charge in [-0.2, -0.15) is 0 Å². The van der Waals surface area contributed by atoms with E-state index in [-0.39, 0.29) is 29.8 Å². The highest BCUT2D eigenvalue weighted by Crippen LogP contribution is 2.08. The molecule has 22 heavy (non-hydrogen) atoms. The molecule has 2 N–H and O–H groups in total. The molecule has 0 spiro atoms. The summed E-state index contributed by atoms with van der Waals surface area (Å²) in [4.78, 5) is 4.22. The molecule has 0 aliphatic heterocycles. The van der Waals surface area contributed by atoms with E-state index in [0.29, 0.717) is 12.6 Å². The molecule has 0 heterocycles. The van der Waals surface area contributed by atoms with Gasteiger partial charge in [-0.3, -0.25) is 4.99 Å². The van der Waals surface area contributed by atoms with Crippen LogP contribution < -0.4 is 10.6 Å². The fourth-order valence-corrected chi connectivity index (χ4v) is 2.12. The third-order valence-corrected chi connectivity index (χ3v) is 3.40. The molecular weight excluding hydrogens is 392 g/mol. The molecule has 1 rings (SSSR count). The van der Waals surface area contributed by atoms with Gasteiger partial charge < -0.3 is 10.6 Å². The molecule has 1 unspecified atom stereocenters. The maximum atomic E-state index is 12.8. The van der Waals surface area contributed by atoms with Crippen LogP contribution in [-0.4, -0.2) is 19.0 Å². The maximum Gasteiger partial charge on any atom is 0.191 e. The van der Waals surface area contributed by atoms with Crippen LogP contribution in [0.3, 0.4) is 0 Å². The first-order chi connectivity index (χ1) is 10.0. The quantitative estimate of drug-likeness (QED) is 0.391. The van der Waals surface area contributed by atoms with Crippen LogP contribution in [0.4, 0.5) is 4.39 Å². The van der Waals surface area contributed by atoms with Crippen LogP contribution in [0, 0.1) is 11.7 Å². The molecule has 0 aromatic heterocycles. The first-order valence-electron chi connectivity index (χ1n) is 7.73. The van der Waals surface area contributed by atoms with Gasteiger partial charge in [-0.25, -0.2) is 4.39 Å². The lowest BCUT2D eigenvalue weighted by molar-refractivity contribution is 0.491. The van der Waals surface area contributed by atoms with Gasteiger partial charge in [-0.05, 0) is 37.0 Å². The molecule has 1 atom stereocenters. The van der Waals surface area contributed by atoms with Crippen molar-refractivity contribution in [1.82, 2.24) is 10.6 Å². The number of hydrogen-bond donors (Lipinski definition) is 2. The number of aliphatic imine (C=N–C) groups is 1. The van der Waals surface area contributed by atoms with Gasteiger partial charge in [0.25, 0.3) is 0 Å². The Morgan fingerprint density at radius 1 is 1.14 bits per heavy atom. The van der Waals surface area contributed by atoms with Crippen molar-refractivity contribution in [2.75, 3.05) is 7.05 Å². The normalized spacial score (nSPS) is 12.7. The van der Waals surface area contributed by atoms with Gasteiger partial charge >= 0.3 is 0 Å². The van der Waals surface area contributed by atoms with Crippen molar-refractivity contribution in [3.63, 3.8) is 0 Å². The number of nitrogens with zero attached hydrogens (tertiary/aromatic N) is 1. The molecule has 1 aromatic rings. The van der Waals surface area contributed by atoms with Crippen molar-refractivity contribution in [2.45, 2.75) is 52.6 Å². The summed E-state index contributed by atoms with van der Waals surface area (Å²) in [6.45, 7) is 7.31. The van der Waals surface area contributed by atoms with E-state index < -0.39 is 0 Å². The summed E-state index contributed by atoms with van der Waals surface area (Å²) < 4.78 is 12.8.